The monoisotopic (exact) mass is 536 g/mol. The molecule has 1 aliphatic rings. The molecule has 0 fully saturated rings. The number of amidine groups is 1. The minimum Gasteiger partial charge on any atom is -0.350 e. The third-order valence-electron chi connectivity index (χ3n) is 7.50. The maximum Gasteiger partial charge on any atom is 0.184 e. The van der Waals surface area contributed by atoms with Crippen molar-refractivity contribution in [3.63, 3.8) is 0 Å². The summed E-state index contributed by atoms with van der Waals surface area (Å²) in [5.74, 6) is 0.822. The maximum absolute atomic E-state index is 5.22. The van der Waals surface area contributed by atoms with Gasteiger partial charge >= 0.3 is 0 Å². The highest BCUT2D eigenvalue weighted by Gasteiger charge is 2.28. The molecule has 7 heteroatoms. The Morgan fingerprint density at radius 3 is 2.27 bits per heavy atom. The van der Waals surface area contributed by atoms with Gasteiger partial charge in [-0.3, -0.25) is 15.3 Å². The van der Waals surface area contributed by atoms with Crippen molar-refractivity contribution in [2.45, 2.75) is 12.5 Å². The van der Waals surface area contributed by atoms with Gasteiger partial charge in [0.25, 0.3) is 0 Å². The van der Waals surface area contributed by atoms with Crippen LogP contribution < -0.4 is 10.6 Å². The van der Waals surface area contributed by atoms with E-state index in [4.69, 9.17) is 4.99 Å². The average Bonchev–Trinajstić information content (AvgIpc) is 3.62. The number of aliphatic imine (C=N–C) groups is 1. The van der Waals surface area contributed by atoms with Gasteiger partial charge in [-0.1, -0.05) is 54.6 Å². The Morgan fingerprint density at radius 1 is 0.700 bits per heavy atom. The van der Waals surface area contributed by atoms with Gasteiger partial charge in [-0.15, -0.1) is 11.3 Å². The van der Waals surface area contributed by atoms with Gasteiger partial charge in [0.15, 0.2) is 6.29 Å². The second-order valence-electron chi connectivity index (χ2n) is 9.85. The number of hydrogen-bond acceptors (Lipinski definition) is 6. The second-order valence-corrected chi connectivity index (χ2v) is 10.9. The molecular formula is C33H24N6S. The summed E-state index contributed by atoms with van der Waals surface area (Å²) in [5, 5.41) is 11.1. The molecule has 3 aromatic carbocycles. The van der Waals surface area contributed by atoms with Gasteiger partial charge in [-0.2, -0.15) is 0 Å². The first-order chi connectivity index (χ1) is 19.8. The summed E-state index contributed by atoms with van der Waals surface area (Å²) in [4.78, 5) is 14.9. The highest BCUT2D eigenvalue weighted by molar-refractivity contribution is 7.23. The highest BCUT2D eigenvalue weighted by Crippen LogP contribution is 2.43. The molecule has 1 aliphatic heterocycles. The van der Waals surface area contributed by atoms with Crippen molar-refractivity contribution in [2.24, 2.45) is 4.99 Å². The second kappa shape index (κ2) is 9.41. The van der Waals surface area contributed by atoms with Crippen LogP contribution in [-0.4, -0.2) is 20.4 Å². The van der Waals surface area contributed by atoms with Crippen LogP contribution in [0.1, 0.15) is 23.6 Å². The largest absolute Gasteiger partial charge is 0.350 e. The van der Waals surface area contributed by atoms with Crippen molar-refractivity contribution in [3.8, 4) is 10.4 Å². The number of benzene rings is 3. The Labute approximate surface area is 234 Å². The van der Waals surface area contributed by atoms with Crippen LogP contribution >= 0.6 is 11.3 Å². The Balaban J connectivity index is 1.36. The molecule has 0 saturated heterocycles. The fourth-order valence-electron chi connectivity index (χ4n) is 5.65. The van der Waals surface area contributed by atoms with Gasteiger partial charge in [0, 0.05) is 50.7 Å². The molecule has 40 heavy (non-hydrogen) atoms. The molecular weight excluding hydrogens is 512 g/mol. The smallest absolute Gasteiger partial charge is 0.184 e. The van der Waals surface area contributed by atoms with Gasteiger partial charge in [0.2, 0.25) is 0 Å². The summed E-state index contributed by atoms with van der Waals surface area (Å²) < 4.78 is 3.63. The molecule has 8 rings (SSSR count). The number of pyridine rings is 2. The van der Waals surface area contributed by atoms with Crippen LogP contribution in [-0.2, 0) is 0 Å². The van der Waals surface area contributed by atoms with E-state index in [0.717, 1.165) is 28.0 Å². The number of para-hydroxylation sites is 1. The van der Waals surface area contributed by atoms with Crippen molar-refractivity contribution in [2.75, 3.05) is 0 Å². The Morgan fingerprint density at radius 2 is 1.45 bits per heavy atom. The van der Waals surface area contributed by atoms with Crippen LogP contribution in [0, 0.1) is 0 Å². The van der Waals surface area contributed by atoms with Crippen molar-refractivity contribution >= 4 is 49.1 Å². The lowest BCUT2D eigenvalue weighted by Gasteiger charge is -2.33. The molecule has 6 nitrogen and oxygen atoms in total. The lowest BCUT2D eigenvalue weighted by atomic mass is 10.1. The van der Waals surface area contributed by atoms with E-state index in [0.29, 0.717) is 0 Å². The third kappa shape index (κ3) is 3.78. The molecule has 2 atom stereocenters. The number of rotatable bonds is 4. The van der Waals surface area contributed by atoms with E-state index in [2.05, 4.69) is 98.0 Å². The first-order valence-corrected chi connectivity index (χ1v) is 14.1. The minimum atomic E-state index is -0.337. The van der Waals surface area contributed by atoms with Crippen LogP contribution in [0.25, 0.3) is 42.3 Å². The minimum absolute atomic E-state index is 0.153. The Hall–Kier alpha value is -4.85. The number of thiophene rings is 1. The fourth-order valence-corrected chi connectivity index (χ4v) is 6.87. The number of nitrogens with zero attached hydrogens (tertiary/aromatic N) is 4. The predicted molar refractivity (Wildman–Crippen MR) is 163 cm³/mol. The number of hydrogen-bond donors (Lipinski definition) is 2. The van der Waals surface area contributed by atoms with Gasteiger partial charge in [-0.25, -0.2) is 4.99 Å². The quantitative estimate of drug-likeness (QED) is 0.248. The van der Waals surface area contributed by atoms with Crippen molar-refractivity contribution in [1.82, 2.24) is 25.2 Å². The summed E-state index contributed by atoms with van der Waals surface area (Å²) in [7, 11) is 0. The van der Waals surface area contributed by atoms with Gasteiger partial charge < -0.3 is 9.88 Å². The van der Waals surface area contributed by atoms with Crippen molar-refractivity contribution in [3.05, 3.63) is 133 Å². The normalized spacial score (nSPS) is 17.2. The first-order valence-electron chi connectivity index (χ1n) is 13.2. The molecule has 7 aromatic rings. The molecule has 0 radical (unpaired) electrons. The molecule has 0 aliphatic carbocycles. The van der Waals surface area contributed by atoms with Gasteiger partial charge in [0.05, 0.1) is 11.0 Å². The molecule has 2 N–H and O–H groups in total. The fraction of sp³-hybridized carbons (Fsp3) is 0.0606. The standard InChI is InChI=1S/C33H24N6S/c1-2-6-21(7-3-1)28-20-24-10-11-27-29(30(24)40-28)25-8-4-5-9-26(25)39(27)33-37-31(22-12-16-34-17-13-22)36-32(38-33)23-14-18-35-19-15-23/h1-20,31,33,37H,(H,36,38). The number of nitrogens with one attached hydrogen (secondary N) is 2. The van der Waals surface area contributed by atoms with Crippen LogP contribution in [0.3, 0.4) is 0 Å². The molecule has 5 heterocycles. The summed E-state index contributed by atoms with van der Waals surface area (Å²) >= 11 is 1.85. The molecule has 0 saturated carbocycles. The molecule has 4 aromatic heterocycles. The molecule has 0 spiro atoms. The summed E-state index contributed by atoms with van der Waals surface area (Å²) in [6.45, 7) is 0. The molecule has 0 amide bonds. The van der Waals surface area contributed by atoms with E-state index >= 15 is 0 Å². The zero-order valence-electron chi connectivity index (χ0n) is 21.4. The van der Waals surface area contributed by atoms with E-state index in [1.54, 1.807) is 12.4 Å². The lowest BCUT2D eigenvalue weighted by Crippen LogP contribution is -2.46. The van der Waals surface area contributed by atoms with E-state index < -0.39 is 0 Å². The summed E-state index contributed by atoms with van der Waals surface area (Å²) in [6, 6.07) is 34.1. The Bertz CT molecular complexity index is 2010. The first kappa shape index (κ1) is 23.1. The molecule has 192 valence electrons. The average molecular weight is 537 g/mol. The van der Waals surface area contributed by atoms with Crippen molar-refractivity contribution < 1.29 is 0 Å². The predicted octanol–water partition coefficient (Wildman–Crippen LogP) is 7.26. The van der Waals surface area contributed by atoms with Crippen LogP contribution in [0.5, 0.6) is 0 Å². The molecule has 0 bridgehead atoms. The van der Waals surface area contributed by atoms with E-state index in [1.165, 1.54) is 31.3 Å². The highest BCUT2D eigenvalue weighted by atomic mass is 32.1. The number of aromatic nitrogens is 3. The third-order valence-corrected chi connectivity index (χ3v) is 8.72. The van der Waals surface area contributed by atoms with E-state index in [1.807, 2.05) is 48.0 Å². The lowest BCUT2D eigenvalue weighted by molar-refractivity contribution is 0.341. The van der Waals surface area contributed by atoms with Crippen LogP contribution in [0.4, 0.5) is 0 Å². The maximum atomic E-state index is 5.22. The van der Waals surface area contributed by atoms with Gasteiger partial charge in [-0.05, 0) is 59.0 Å². The summed E-state index contributed by atoms with van der Waals surface area (Å²) in [5.41, 5.74) is 5.63. The van der Waals surface area contributed by atoms with Gasteiger partial charge in [0.1, 0.15) is 12.0 Å². The van der Waals surface area contributed by atoms with E-state index in [9.17, 15) is 0 Å². The van der Waals surface area contributed by atoms with E-state index in [-0.39, 0.29) is 12.5 Å². The Kier molecular flexibility index (Phi) is 5.43. The zero-order valence-corrected chi connectivity index (χ0v) is 22.2. The summed E-state index contributed by atoms with van der Waals surface area (Å²) in [6.07, 6.45) is 6.76. The molecule has 2 unspecified atom stereocenters. The number of fused-ring (bicyclic) bond motifs is 5. The van der Waals surface area contributed by atoms with Crippen molar-refractivity contribution in [1.29, 1.82) is 0 Å². The van der Waals surface area contributed by atoms with Crippen LogP contribution in [0.2, 0.25) is 0 Å². The topological polar surface area (TPSA) is 67.1 Å². The van der Waals surface area contributed by atoms with Crippen LogP contribution in [0.15, 0.2) is 127 Å². The SMILES string of the molecule is c1ccc(-c2cc3ccc4c(c5ccccc5n4C4N=C(c5ccncc5)NC(c5ccncc5)N4)c3s2)cc1. The zero-order chi connectivity index (χ0) is 26.5.